The molecule has 0 aromatic heterocycles. The van der Waals surface area contributed by atoms with Gasteiger partial charge in [-0.1, -0.05) is 12.1 Å². The Hall–Kier alpha value is -2.34. The zero-order valence-corrected chi connectivity index (χ0v) is 11.0. The quantitative estimate of drug-likeness (QED) is 0.900. The van der Waals surface area contributed by atoms with Crippen molar-refractivity contribution in [3.8, 4) is 6.07 Å². The molecule has 96 valence electrons. The summed E-state index contributed by atoms with van der Waals surface area (Å²) in [7, 11) is 0. The highest BCUT2D eigenvalue weighted by Gasteiger charge is 2.03. The number of anilines is 1. The van der Waals surface area contributed by atoms with Gasteiger partial charge in [0.1, 0.15) is 5.82 Å². The van der Waals surface area contributed by atoms with Crippen molar-refractivity contribution >= 4 is 5.69 Å². The van der Waals surface area contributed by atoms with Gasteiger partial charge in [-0.25, -0.2) is 4.39 Å². The van der Waals surface area contributed by atoms with Gasteiger partial charge in [0.2, 0.25) is 0 Å². The Bertz CT molecular complexity index is 642. The van der Waals surface area contributed by atoms with Crippen molar-refractivity contribution in [2.75, 3.05) is 5.32 Å². The number of benzene rings is 2. The Kier molecular flexibility index (Phi) is 3.82. The molecule has 2 nitrogen and oxygen atoms in total. The van der Waals surface area contributed by atoms with E-state index in [1.807, 2.05) is 26.0 Å². The van der Waals surface area contributed by atoms with Gasteiger partial charge in [-0.15, -0.1) is 0 Å². The number of nitrogens with zero attached hydrogens (tertiary/aromatic N) is 1. The Morgan fingerprint density at radius 2 is 1.84 bits per heavy atom. The molecule has 0 heterocycles. The molecule has 2 aromatic rings. The van der Waals surface area contributed by atoms with E-state index in [0.29, 0.717) is 12.1 Å². The fourth-order valence-electron chi connectivity index (χ4n) is 1.90. The minimum Gasteiger partial charge on any atom is -0.381 e. The Morgan fingerprint density at radius 1 is 1.11 bits per heavy atom. The molecule has 0 spiro atoms. The lowest BCUT2D eigenvalue weighted by atomic mass is 10.1. The van der Waals surface area contributed by atoms with E-state index in [2.05, 4.69) is 11.4 Å². The van der Waals surface area contributed by atoms with Crippen LogP contribution >= 0.6 is 0 Å². The predicted molar refractivity (Wildman–Crippen MR) is 74.4 cm³/mol. The normalized spacial score (nSPS) is 10.0. The van der Waals surface area contributed by atoms with Crippen LogP contribution in [0.5, 0.6) is 0 Å². The lowest BCUT2D eigenvalue weighted by Crippen LogP contribution is -2.03. The molecule has 2 rings (SSSR count). The van der Waals surface area contributed by atoms with E-state index in [4.69, 9.17) is 5.26 Å². The predicted octanol–water partition coefficient (Wildman–Crippen LogP) is 3.93. The number of halogens is 1. The van der Waals surface area contributed by atoms with Crippen LogP contribution < -0.4 is 5.32 Å². The van der Waals surface area contributed by atoms with E-state index >= 15 is 0 Å². The van der Waals surface area contributed by atoms with Crippen LogP contribution in [0.15, 0.2) is 36.4 Å². The van der Waals surface area contributed by atoms with Crippen LogP contribution in [0.1, 0.15) is 22.3 Å². The number of hydrogen-bond acceptors (Lipinski definition) is 2. The summed E-state index contributed by atoms with van der Waals surface area (Å²) in [6.07, 6.45) is 0. The smallest absolute Gasteiger partial charge is 0.123 e. The van der Waals surface area contributed by atoms with Gasteiger partial charge in [-0.05, 0) is 54.8 Å². The van der Waals surface area contributed by atoms with Crippen LogP contribution in [0.4, 0.5) is 10.1 Å². The van der Waals surface area contributed by atoms with Crippen LogP contribution in [0.25, 0.3) is 0 Å². The van der Waals surface area contributed by atoms with Gasteiger partial charge in [0.15, 0.2) is 0 Å². The van der Waals surface area contributed by atoms with E-state index in [1.165, 1.54) is 12.1 Å². The van der Waals surface area contributed by atoms with Gasteiger partial charge in [0, 0.05) is 12.2 Å². The Morgan fingerprint density at radius 3 is 2.58 bits per heavy atom. The Labute approximate surface area is 112 Å². The second kappa shape index (κ2) is 5.53. The molecule has 19 heavy (non-hydrogen) atoms. The van der Waals surface area contributed by atoms with Crippen molar-refractivity contribution < 1.29 is 4.39 Å². The number of hydrogen-bond donors (Lipinski definition) is 1. The molecule has 3 heteroatoms. The van der Waals surface area contributed by atoms with Crippen LogP contribution in [-0.2, 0) is 6.54 Å². The maximum atomic E-state index is 13.2. The molecule has 0 aliphatic heterocycles. The van der Waals surface area contributed by atoms with Crippen molar-refractivity contribution in [1.82, 2.24) is 0 Å². The summed E-state index contributed by atoms with van der Waals surface area (Å²) in [6.45, 7) is 4.47. The largest absolute Gasteiger partial charge is 0.381 e. The van der Waals surface area contributed by atoms with E-state index in [1.54, 1.807) is 12.1 Å². The molecule has 0 aliphatic carbocycles. The monoisotopic (exact) mass is 254 g/mol. The third-order valence-corrected chi connectivity index (χ3v) is 3.15. The minimum atomic E-state index is -0.232. The summed E-state index contributed by atoms with van der Waals surface area (Å²) in [5.74, 6) is -0.232. The highest BCUT2D eigenvalue weighted by atomic mass is 19.1. The van der Waals surface area contributed by atoms with Crippen molar-refractivity contribution in [2.45, 2.75) is 20.4 Å². The summed E-state index contributed by atoms with van der Waals surface area (Å²) < 4.78 is 13.2. The van der Waals surface area contributed by atoms with Crippen LogP contribution in [0.2, 0.25) is 0 Å². The molecule has 0 saturated heterocycles. The first-order chi connectivity index (χ1) is 9.10. The van der Waals surface area contributed by atoms with Gasteiger partial charge in [0.25, 0.3) is 0 Å². The number of nitrogens with one attached hydrogen (secondary N) is 1. The highest BCUT2D eigenvalue weighted by Crippen LogP contribution is 2.18. The molecule has 0 fully saturated rings. The first-order valence-corrected chi connectivity index (χ1v) is 6.10. The topological polar surface area (TPSA) is 35.8 Å². The zero-order chi connectivity index (χ0) is 13.8. The molecule has 0 aliphatic rings. The summed E-state index contributed by atoms with van der Waals surface area (Å²) in [5.41, 5.74) is 4.55. The molecule has 0 saturated carbocycles. The lowest BCUT2D eigenvalue weighted by Gasteiger charge is -2.11. The standard InChI is InChI=1S/C16H15FN2/c1-11-4-6-15(17)8-14(11)10-19-16-7-13(9-18)5-3-12(16)2/h3-8,19H,10H2,1-2H3. The molecule has 0 radical (unpaired) electrons. The number of rotatable bonds is 3. The first kappa shape index (κ1) is 13.1. The first-order valence-electron chi connectivity index (χ1n) is 6.10. The fraction of sp³-hybridized carbons (Fsp3) is 0.188. The molecular weight excluding hydrogens is 239 g/mol. The number of nitriles is 1. The van der Waals surface area contributed by atoms with Crippen LogP contribution in [-0.4, -0.2) is 0 Å². The fourth-order valence-corrected chi connectivity index (χ4v) is 1.90. The van der Waals surface area contributed by atoms with Gasteiger partial charge in [0.05, 0.1) is 11.6 Å². The lowest BCUT2D eigenvalue weighted by molar-refractivity contribution is 0.625. The van der Waals surface area contributed by atoms with E-state index in [9.17, 15) is 4.39 Å². The molecule has 0 atom stereocenters. The molecule has 2 aromatic carbocycles. The molecule has 0 unspecified atom stereocenters. The van der Waals surface area contributed by atoms with Crippen molar-refractivity contribution in [3.05, 3.63) is 64.5 Å². The summed E-state index contributed by atoms with van der Waals surface area (Å²) >= 11 is 0. The summed E-state index contributed by atoms with van der Waals surface area (Å²) in [6, 6.07) is 12.4. The van der Waals surface area contributed by atoms with E-state index in [0.717, 1.165) is 22.4 Å². The minimum absolute atomic E-state index is 0.232. The molecule has 0 amide bonds. The third-order valence-electron chi connectivity index (χ3n) is 3.15. The number of aryl methyl sites for hydroxylation is 2. The SMILES string of the molecule is Cc1ccc(F)cc1CNc1cc(C#N)ccc1C. The Balaban J connectivity index is 2.19. The second-order valence-electron chi connectivity index (χ2n) is 4.57. The molecule has 0 bridgehead atoms. The van der Waals surface area contributed by atoms with Crippen LogP contribution in [0.3, 0.4) is 0 Å². The summed E-state index contributed by atoms with van der Waals surface area (Å²) in [4.78, 5) is 0. The van der Waals surface area contributed by atoms with Crippen molar-refractivity contribution in [1.29, 1.82) is 5.26 Å². The zero-order valence-electron chi connectivity index (χ0n) is 11.0. The van der Waals surface area contributed by atoms with Gasteiger partial charge < -0.3 is 5.32 Å². The van der Waals surface area contributed by atoms with E-state index in [-0.39, 0.29) is 5.82 Å². The maximum absolute atomic E-state index is 13.2. The third kappa shape index (κ3) is 3.11. The van der Waals surface area contributed by atoms with Crippen LogP contribution in [0, 0.1) is 31.0 Å². The average molecular weight is 254 g/mol. The summed E-state index contributed by atoms with van der Waals surface area (Å²) in [5, 5.41) is 12.1. The van der Waals surface area contributed by atoms with Gasteiger partial charge in [-0.2, -0.15) is 5.26 Å². The van der Waals surface area contributed by atoms with E-state index < -0.39 is 0 Å². The maximum Gasteiger partial charge on any atom is 0.123 e. The van der Waals surface area contributed by atoms with Gasteiger partial charge in [-0.3, -0.25) is 0 Å². The molecule has 1 N–H and O–H groups in total. The molecular formula is C16H15FN2. The average Bonchev–Trinajstić information content (AvgIpc) is 2.41. The van der Waals surface area contributed by atoms with Crippen molar-refractivity contribution in [2.24, 2.45) is 0 Å². The second-order valence-corrected chi connectivity index (χ2v) is 4.57. The highest BCUT2D eigenvalue weighted by molar-refractivity contribution is 5.55. The van der Waals surface area contributed by atoms with Gasteiger partial charge >= 0.3 is 0 Å². The van der Waals surface area contributed by atoms with Crippen molar-refractivity contribution in [3.63, 3.8) is 0 Å².